The summed E-state index contributed by atoms with van der Waals surface area (Å²) in [6.45, 7) is 0.458. The number of nitrogens with one attached hydrogen (secondary N) is 1. The van der Waals surface area contributed by atoms with Crippen molar-refractivity contribution in [3.05, 3.63) is 58.1 Å². The van der Waals surface area contributed by atoms with Crippen molar-refractivity contribution in [1.82, 2.24) is 5.43 Å². The molecule has 0 fully saturated rings. The lowest BCUT2D eigenvalue weighted by molar-refractivity contribution is 0.284. The third-order valence-electron chi connectivity index (χ3n) is 2.88. The van der Waals surface area contributed by atoms with E-state index in [0.717, 1.165) is 15.6 Å². The number of nitrogens with two attached hydrogens (primary N) is 1. The molecule has 0 amide bonds. The number of ether oxygens (including phenoxy) is 2. The fraction of sp³-hybridized carbons (Fsp3) is 0.125. The normalized spacial score (nSPS) is 10.5. The molecule has 0 spiro atoms. The zero-order valence-corrected chi connectivity index (χ0v) is 14.9. The number of methoxy groups -OCH3 is 1. The highest BCUT2D eigenvalue weighted by molar-refractivity contribution is 9.10. The molecule has 0 unspecified atom stereocenters. The Labute approximate surface area is 148 Å². The molecule has 23 heavy (non-hydrogen) atoms. The Morgan fingerprint density at radius 3 is 2.65 bits per heavy atom. The number of nitrogens with zero attached hydrogens (tertiary/aromatic N) is 1. The van der Waals surface area contributed by atoms with Crippen molar-refractivity contribution in [3.63, 3.8) is 0 Å². The number of hydrogen-bond donors (Lipinski definition) is 2. The van der Waals surface area contributed by atoms with Gasteiger partial charge in [0.1, 0.15) is 6.61 Å². The van der Waals surface area contributed by atoms with Gasteiger partial charge in [-0.15, -0.1) is 0 Å². The van der Waals surface area contributed by atoms with E-state index in [0.29, 0.717) is 18.1 Å². The van der Waals surface area contributed by atoms with Crippen LogP contribution in [-0.4, -0.2) is 18.4 Å². The van der Waals surface area contributed by atoms with Crippen LogP contribution >= 0.6 is 28.1 Å². The van der Waals surface area contributed by atoms with E-state index in [9.17, 15) is 0 Å². The van der Waals surface area contributed by atoms with E-state index >= 15 is 0 Å². The molecule has 0 aliphatic heterocycles. The summed E-state index contributed by atoms with van der Waals surface area (Å²) in [5, 5.41) is 4.02. The molecule has 7 heteroatoms. The molecule has 5 nitrogen and oxygen atoms in total. The van der Waals surface area contributed by atoms with Gasteiger partial charge in [0.15, 0.2) is 16.6 Å². The zero-order chi connectivity index (χ0) is 16.7. The fourth-order valence-electron chi connectivity index (χ4n) is 1.80. The minimum atomic E-state index is 0.114. The molecule has 2 rings (SSSR count). The molecule has 2 aromatic carbocycles. The van der Waals surface area contributed by atoms with Crippen LogP contribution in [-0.2, 0) is 6.61 Å². The Kier molecular flexibility index (Phi) is 6.37. The highest BCUT2D eigenvalue weighted by atomic mass is 79.9. The van der Waals surface area contributed by atoms with Gasteiger partial charge in [0.25, 0.3) is 0 Å². The Morgan fingerprint density at radius 2 is 2.00 bits per heavy atom. The number of hydrogen-bond acceptors (Lipinski definition) is 4. The quantitative estimate of drug-likeness (QED) is 0.448. The van der Waals surface area contributed by atoms with Gasteiger partial charge in [-0.2, -0.15) is 5.10 Å². The molecule has 0 bridgehead atoms. The average molecular weight is 394 g/mol. The minimum absolute atomic E-state index is 0.114. The lowest BCUT2D eigenvalue weighted by atomic mass is 10.2. The van der Waals surface area contributed by atoms with Gasteiger partial charge in [0, 0.05) is 4.47 Å². The molecule has 3 N–H and O–H groups in total. The molecule has 0 saturated heterocycles. The van der Waals surface area contributed by atoms with Gasteiger partial charge in [-0.05, 0) is 53.7 Å². The predicted molar refractivity (Wildman–Crippen MR) is 99.0 cm³/mol. The largest absolute Gasteiger partial charge is 0.493 e. The van der Waals surface area contributed by atoms with Crippen molar-refractivity contribution in [2.45, 2.75) is 6.61 Å². The number of thiocarbonyl (C=S) groups is 1. The SMILES string of the molecule is COc1cc(C=NNC(N)=S)ccc1OCc1ccc(Br)cc1. The van der Waals surface area contributed by atoms with Gasteiger partial charge < -0.3 is 15.2 Å². The number of hydrazone groups is 1. The third kappa shape index (κ3) is 5.54. The number of rotatable bonds is 6. The van der Waals surface area contributed by atoms with Crippen molar-refractivity contribution < 1.29 is 9.47 Å². The second-order valence-electron chi connectivity index (χ2n) is 4.56. The van der Waals surface area contributed by atoms with Gasteiger partial charge in [-0.3, -0.25) is 5.43 Å². The zero-order valence-electron chi connectivity index (χ0n) is 12.5. The maximum Gasteiger partial charge on any atom is 0.184 e. The Balaban J connectivity index is 2.05. The first-order valence-corrected chi connectivity index (χ1v) is 7.92. The van der Waals surface area contributed by atoms with Gasteiger partial charge in [0.2, 0.25) is 0 Å². The molecular weight excluding hydrogens is 378 g/mol. The first-order chi connectivity index (χ1) is 11.1. The lowest BCUT2D eigenvalue weighted by Crippen LogP contribution is -2.23. The van der Waals surface area contributed by atoms with Crippen LogP contribution in [0.3, 0.4) is 0 Å². The first-order valence-electron chi connectivity index (χ1n) is 6.72. The molecule has 0 saturated carbocycles. The smallest absolute Gasteiger partial charge is 0.184 e. The van der Waals surface area contributed by atoms with Gasteiger partial charge in [-0.25, -0.2) is 0 Å². The van der Waals surface area contributed by atoms with E-state index in [1.165, 1.54) is 0 Å². The summed E-state index contributed by atoms with van der Waals surface area (Å²) in [7, 11) is 1.59. The van der Waals surface area contributed by atoms with Crippen molar-refractivity contribution in [3.8, 4) is 11.5 Å². The van der Waals surface area contributed by atoms with E-state index in [2.05, 4.69) is 38.7 Å². The Bertz CT molecular complexity index is 705. The van der Waals surface area contributed by atoms with Crippen molar-refractivity contribution >= 4 is 39.5 Å². The van der Waals surface area contributed by atoms with Crippen LogP contribution in [0.15, 0.2) is 52.0 Å². The predicted octanol–water partition coefficient (Wildman–Crippen LogP) is 3.20. The maximum absolute atomic E-state index is 5.81. The van der Waals surface area contributed by atoms with Crippen molar-refractivity contribution in [2.24, 2.45) is 10.8 Å². The summed E-state index contributed by atoms with van der Waals surface area (Å²) in [4.78, 5) is 0. The monoisotopic (exact) mass is 393 g/mol. The highest BCUT2D eigenvalue weighted by Crippen LogP contribution is 2.28. The molecule has 0 aromatic heterocycles. The topological polar surface area (TPSA) is 68.9 Å². The number of benzene rings is 2. The molecule has 120 valence electrons. The average Bonchev–Trinajstić information content (AvgIpc) is 2.54. The second-order valence-corrected chi connectivity index (χ2v) is 5.92. The van der Waals surface area contributed by atoms with Gasteiger partial charge in [0.05, 0.1) is 13.3 Å². The highest BCUT2D eigenvalue weighted by Gasteiger charge is 2.05. The molecular formula is C16H16BrN3O2S. The van der Waals surface area contributed by atoms with Crippen molar-refractivity contribution in [1.29, 1.82) is 0 Å². The van der Waals surface area contributed by atoms with Gasteiger partial charge >= 0.3 is 0 Å². The van der Waals surface area contributed by atoms with Crippen LogP contribution in [0.2, 0.25) is 0 Å². The molecule has 0 aliphatic rings. The third-order valence-corrected chi connectivity index (χ3v) is 3.50. The summed E-state index contributed by atoms with van der Waals surface area (Å²) in [5.41, 5.74) is 9.71. The minimum Gasteiger partial charge on any atom is -0.493 e. The number of halogens is 1. The van der Waals surface area contributed by atoms with Crippen LogP contribution in [0.25, 0.3) is 0 Å². The lowest BCUT2D eigenvalue weighted by Gasteiger charge is -2.11. The van der Waals surface area contributed by atoms with Crippen LogP contribution in [0.5, 0.6) is 11.5 Å². The fourth-order valence-corrected chi connectivity index (χ4v) is 2.11. The summed E-state index contributed by atoms with van der Waals surface area (Å²) in [6, 6.07) is 13.5. The Hall–Kier alpha value is -2.12. The second kappa shape index (κ2) is 8.50. The molecule has 2 aromatic rings. The van der Waals surface area contributed by atoms with Crippen molar-refractivity contribution in [2.75, 3.05) is 7.11 Å². The van der Waals surface area contributed by atoms with Crippen LogP contribution in [0, 0.1) is 0 Å². The Morgan fingerprint density at radius 1 is 1.26 bits per heavy atom. The van der Waals surface area contributed by atoms with Crippen LogP contribution in [0.1, 0.15) is 11.1 Å². The standard InChI is InChI=1S/C16H16BrN3O2S/c1-21-15-8-12(9-19-20-16(18)23)4-7-14(15)22-10-11-2-5-13(17)6-3-11/h2-9H,10H2,1H3,(H3,18,20,23). The van der Waals surface area contributed by atoms with Gasteiger partial charge in [-0.1, -0.05) is 28.1 Å². The molecule has 0 aliphatic carbocycles. The summed E-state index contributed by atoms with van der Waals surface area (Å²) < 4.78 is 12.2. The molecule has 0 heterocycles. The van der Waals surface area contributed by atoms with E-state index in [1.807, 2.05) is 42.5 Å². The van der Waals surface area contributed by atoms with E-state index in [1.54, 1.807) is 13.3 Å². The first kappa shape index (κ1) is 17.2. The summed E-state index contributed by atoms with van der Waals surface area (Å²) >= 11 is 8.08. The van der Waals surface area contributed by atoms with E-state index in [4.69, 9.17) is 15.2 Å². The summed E-state index contributed by atoms with van der Waals surface area (Å²) in [5.74, 6) is 1.29. The maximum atomic E-state index is 5.81. The van der Waals surface area contributed by atoms with E-state index in [-0.39, 0.29) is 5.11 Å². The van der Waals surface area contributed by atoms with Crippen LogP contribution < -0.4 is 20.6 Å². The van der Waals surface area contributed by atoms with E-state index < -0.39 is 0 Å². The molecule has 0 radical (unpaired) electrons. The van der Waals surface area contributed by atoms with Crippen LogP contribution in [0.4, 0.5) is 0 Å². The molecule has 0 atom stereocenters. The summed E-state index contributed by atoms with van der Waals surface area (Å²) in [6.07, 6.45) is 1.60.